The van der Waals surface area contributed by atoms with Gasteiger partial charge < -0.3 is 19.1 Å². The number of aromatic nitrogens is 1. The van der Waals surface area contributed by atoms with E-state index in [2.05, 4.69) is 20.9 Å². The maximum atomic E-state index is 12.6. The molecule has 1 aromatic heterocycles. The van der Waals surface area contributed by atoms with Gasteiger partial charge in [0.1, 0.15) is 12.4 Å². The standard InChI is InChI=1S/C22H21BrN2O4/c1-25(13-14-28-20-6-4-3-5-19(20)27-2)22(26)16-7-12-21(24-15-16)29-18-10-8-17(23)9-11-18/h3-12,15H,13-14H2,1-2H3. The van der Waals surface area contributed by atoms with Crippen molar-refractivity contribution in [1.29, 1.82) is 0 Å². The maximum Gasteiger partial charge on any atom is 0.255 e. The molecule has 0 N–H and O–H groups in total. The summed E-state index contributed by atoms with van der Waals surface area (Å²) < 4.78 is 17.6. The third-order valence-electron chi connectivity index (χ3n) is 4.12. The molecule has 0 aliphatic carbocycles. The first kappa shape index (κ1) is 20.7. The molecule has 150 valence electrons. The zero-order valence-electron chi connectivity index (χ0n) is 16.2. The van der Waals surface area contributed by atoms with Gasteiger partial charge in [0.25, 0.3) is 5.91 Å². The van der Waals surface area contributed by atoms with Crippen molar-refractivity contribution < 1.29 is 19.0 Å². The number of ether oxygens (including phenoxy) is 3. The van der Waals surface area contributed by atoms with E-state index in [1.165, 1.54) is 6.20 Å². The van der Waals surface area contributed by atoms with Crippen molar-refractivity contribution in [3.8, 4) is 23.1 Å². The number of nitrogens with zero attached hydrogens (tertiary/aromatic N) is 2. The minimum absolute atomic E-state index is 0.142. The minimum atomic E-state index is -0.142. The average molecular weight is 457 g/mol. The molecule has 1 heterocycles. The van der Waals surface area contributed by atoms with Crippen molar-refractivity contribution in [3.05, 3.63) is 76.9 Å². The summed E-state index contributed by atoms with van der Waals surface area (Å²) >= 11 is 3.38. The van der Waals surface area contributed by atoms with E-state index in [0.29, 0.717) is 41.8 Å². The van der Waals surface area contributed by atoms with Crippen molar-refractivity contribution in [2.24, 2.45) is 0 Å². The second kappa shape index (κ2) is 9.93. The fourth-order valence-electron chi connectivity index (χ4n) is 2.54. The third-order valence-corrected chi connectivity index (χ3v) is 4.65. The molecule has 7 heteroatoms. The molecule has 0 radical (unpaired) electrons. The highest BCUT2D eigenvalue weighted by Gasteiger charge is 2.13. The van der Waals surface area contributed by atoms with Crippen LogP contribution in [0.1, 0.15) is 10.4 Å². The van der Waals surface area contributed by atoms with Gasteiger partial charge in [0.05, 0.1) is 19.2 Å². The minimum Gasteiger partial charge on any atom is -0.493 e. The number of hydrogen-bond donors (Lipinski definition) is 0. The molecule has 0 fully saturated rings. The molecule has 29 heavy (non-hydrogen) atoms. The lowest BCUT2D eigenvalue weighted by Gasteiger charge is -2.18. The molecule has 3 rings (SSSR count). The van der Waals surface area contributed by atoms with E-state index < -0.39 is 0 Å². The van der Waals surface area contributed by atoms with Crippen LogP contribution >= 0.6 is 15.9 Å². The Hall–Kier alpha value is -3.06. The van der Waals surface area contributed by atoms with E-state index in [1.54, 1.807) is 31.2 Å². The van der Waals surface area contributed by atoms with Gasteiger partial charge >= 0.3 is 0 Å². The predicted octanol–water partition coefficient (Wildman–Crippen LogP) is 4.80. The number of rotatable bonds is 8. The Kier molecular flexibility index (Phi) is 7.08. The van der Waals surface area contributed by atoms with Gasteiger partial charge in [-0.3, -0.25) is 4.79 Å². The quantitative estimate of drug-likeness (QED) is 0.487. The van der Waals surface area contributed by atoms with Gasteiger partial charge in [-0.15, -0.1) is 0 Å². The van der Waals surface area contributed by atoms with Crippen LogP contribution in [0.4, 0.5) is 0 Å². The van der Waals surface area contributed by atoms with Crippen molar-refractivity contribution in [2.75, 3.05) is 27.3 Å². The van der Waals surface area contributed by atoms with Crippen LogP contribution in [0, 0.1) is 0 Å². The average Bonchev–Trinajstić information content (AvgIpc) is 2.75. The number of likely N-dealkylation sites (N-methyl/N-ethyl adjacent to an activating group) is 1. The number of pyridine rings is 1. The van der Waals surface area contributed by atoms with Crippen LogP contribution in [0.2, 0.25) is 0 Å². The van der Waals surface area contributed by atoms with Crippen LogP contribution in [-0.2, 0) is 0 Å². The zero-order chi connectivity index (χ0) is 20.6. The van der Waals surface area contributed by atoms with Crippen LogP contribution in [0.3, 0.4) is 0 Å². The summed E-state index contributed by atoms with van der Waals surface area (Å²) in [5.74, 6) is 2.26. The second-order valence-corrected chi connectivity index (χ2v) is 7.08. The summed E-state index contributed by atoms with van der Waals surface area (Å²) in [5.41, 5.74) is 0.480. The number of halogens is 1. The van der Waals surface area contributed by atoms with Crippen LogP contribution in [-0.4, -0.2) is 43.1 Å². The molecular weight excluding hydrogens is 436 g/mol. The summed E-state index contributed by atoms with van der Waals surface area (Å²) in [5, 5.41) is 0. The number of benzene rings is 2. The van der Waals surface area contributed by atoms with Crippen molar-refractivity contribution in [1.82, 2.24) is 9.88 Å². The Labute approximate surface area is 178 Å². The Morgan fingerprint density at radius 1 is 1.03 bits per heavy atom. The van der Waals surface area contributed by atoms with E-state index in [0.717, 1.165) is 4.47 Å². The zero-order valence-corrected chi connectivity index (χ0v) is 17.8. The summed E-state index contributed by atoms with van der Waals surface area (Å²) in [6.45, 7) is 0.773. The van der Waals surface area contributed by atoms with Crippen molar-refractivity contribution >= 4 is 21.8 Å². The van der Waals surface area contributed by atoms with Gasteiger partial charge in [0, 0.05) is 23.8 Å². The Morgan fingerprint density at radius 2 is 1.76 bits per heavy atom. The summed E-state index contributed by atoms with van der Waals surface area (Å²) in [6.07, 6.45) is 1.51. The molecule has 0 spiro atoms. The Bertz CT molecular complexity index is 946. The second-order valence-electron chi connectivity index (χ2n) is 6.17. The first-order valence-corrected chi connectivity index (χ1v) is 9.77. The molecule has 1 amide bonds. The van der Waals surface area contributed by atoms with Gasteiger partial charge in [-0.1, -0.05) is 28.1 Å². The Morgan fingerprint density at radius 3 is 2.41 bits per heavy atom. The van der Waals surface area contributed by atoms with E-state index in [1.807, 2.05) is 48.5 Å². The fourth-order valence-corrected chi connectivity index (χ4v) is 2.81. The lowest BCUT2D eigenvalue weighted by molar-refractivity contribution is 0.0772. The molecule has 0 atom stereocenters. The predicted molar refractivity (Wildman–Crippen MR) is 114 cm³/mol. The van der Waals surface area contributed by atoms with Gasteiger partial charge in [-0.2, -0.15) is 0 Å². The molecular formula is C22H21BrN2O4. The molecule has 3 aromatic rings. The van der Waals surface area contributed by atoms with E-state index >= 15 is 0 Å². The van der Waals surface area contributed by atoms with E-state index in [9.17, 15) is 4.79 Å². The number of carbonyl (C=O) groups is 1. The lowest BCUT2D eigenvalue weighted by atomic mass is 10.2. The highest BCUT2D eigenvalue weighted by atomic mass is 79.9. The van der Waals surface area contributed by atoms with Crippen LogP contribution < -0.4 is 14.2 Å². The van der Waals surface area contributed by atoms with E-state index in [-0.39, 0.29) is 5.91 Å². The topological polar surface area (TPSA) is 60.9 Å². The highest BCUT2D eigenvalue weighted by Crippen LogP contribution is 2.25. The van der Waals surface area contributed by atoms with Gasteiger partial charge in [-0.05, 0) is 42.5 Å². The first-order valence-electron chi connectivity index (χ1n) is 8.97. The number of amides is 1. The van der Waals surface area contributed by atoms with Crippen LogP contribution in [0.5, 0.6) is 23.1 Å². The van der Waals surface area contributed by atoms with Gasteiger partial charge in [-0.25, -0.2) is 4.98 Å². The third kappa shape index (κ3) is 5.71. The number of para-hydroxylation sites is 2. The summed E-state index contributed by atoms with van der Waals surface area (Å²) in [4.78, 5) is 18.4. The van der Waals surface area contributed by atoms with Crippen LogP contribution in [0.25, 0.3) is 0 Å². The molecule has 6 nitrogen and oxygen atoms in total. The highest BCUT2D eigenvalue weighted by molar-refractivity contribution is 9.10. The number of carbonyl (C=O) groups excluding carboxylic acids is 1. The molecule has 0 saturated heterocycles. The fraction of sp³-hybridized carbons (Fsp3) is 0.182. The molecule has 0 saturated carbocycles. The van der Waals surface area contributed by atoms with E-state index in [4.69, 9.17) is 14.2 Å². The molecule has 0 bridgehead atoms. The van der Waals surface area contributed by atoms with Gasteiger partial charge in [0.15, 0.2) is 11.5 Å². The smallest absolute Gasteiger partial charge is 0.255 e. The normalized spacial score (nSPS) is 10.3. The molecule has 0 aliphatic rings. The van der Waals surface area contributed by atoms with Crippen molar-refractivity contribution in [3.63, 3.8) is 0 Å². The number of methoxy groups -OCH3 is 1. The molecule has 0 unspecified atom stereocenters. The number of hydrogen-bond acceptors (Lipinski definition) is 5. The largest absolute Gasteiger partial charge is 0.493 e. The maximum absolute atomic E-state index is 12.6. The van der Waals surface area contributed by atoms with Crippen LogP contribution in [0.15, 0.2) is 71.3 Å². The molecule has 2 aromatic carbocycles. The summed E-state index contributed by atoms with van der Waals surface area (Å²) in [6, 6.07) is 18.2. The summed E-state index contributed by atoms with van der Waals surface area (Å²) in [7, 11) is 3.31. The Balaban J connectivity index is 1.53. The van der Waals surface area contributed by atoms with Gasteiger partial charge in [0.2, 0.25) is 5.88 Å². The van der Waals surface area contributed by atoms with Crippen molar-refractivity contribution in [2.45, 2.75) is 0 Å². The monoisotopic (exact) mass is 456 g/mol. The first-order chi connectivity index (χ1) is 14.1. The molecule has 0 aliphatic heterocycles. The SMILES string of the molecule is COc1ccccc1OCCN(C)C(=O)c1ccc(Oc2ccc(Br)cc2)nc1. The lowest BCUT2D eigenvalue weighted by Crippen LogP contribution is -2.31.